The lowest BCUT2D eigenvalue weighted by atomic mass is 10.2. The van der Waals surface area contributed by atoms with Crippen LogP contribution in [0.4, 0.5) is 16.0 Å². The van der Waals surface area contributed by atoms with Crippen LogP contribution in [0.3, 0.4) is 0 Å². The van der Waals surface area contributed by atoms with Gasteiger partial charge in [0.1, 0.15) is 5.82 Å². The normalized spacial score (nSPS) is 13.8. The molecule has 0 fully saturated rings. The number of aryl methyl sites for hydroxylation is 1. The highest BCUT2D eigenvalue weighted by molar-refractivity contribution is 5.77. The second-order valence-electron chi connectivity index (χ2n) is 7.01. The van der Waals surface area contributed by atoms with Crippen molar-refractivity contribution in [3.63, 3.8) is 0 Å². The number of nitrogens with zero attached hydrogens (tertiary/aromatic N) is 5. The molecule has 0 saturated heterocycles. The first-order chi connectivity index (χ1) is 12.4. The summed E-state index contributed by atoms with van der Waals surface area (Å²) in [5.74, 6) is 0.468. The summed E-state index contributed by atoms with van der Waals surface area (Å²) in [5.41, 5.74) is 0.944. The first kappa shape index (κ1) is 16.6. The first-order valence-electron chi connectivity index (χ1n) is 8.61. The second kappa shape index (κ2) is 5.82. The molecule has 0 atom stereocenters. The van der Waals surface area contributed by atoms with E-state index >= 15 is 0 Å². The highest BCUT2D eigenvalue weighted by Crippen LogP contribution is 2.31. The van der Waals surface area contributed by atoms with Crippen LogP contribution in [0.1, 0.15) is 13.8 Å². The van der Waals surface area contributed by atoms with E-state index < -0.39 is 0 Å². The van der Waals surface area contributed by atoms with Gasteiger partial charge in [-0.3, -0.25) is 13.9 Å². The van der Waals surface area contributed by atoms with E-state index in [-0.39, 0.29) is 23.0 Å². The van der Waals surface area contributed by atoms with Gasteiger partial charge in [0.25, 0.3) is 5.56 Å². The van der Waals surface area contributed by atoms with Crippen LogP contribution in [-0.2, 0) is 20.1 Å². The molecule has 8 heteroatoms. The monoisotopic (exact) mass is 357 g/mol. The third-order valence-corrected chi connectivity index (χ3v) is 4.69. The van der Waals surface area contributed by atoms with Crippen LogP contribution in [0.5, 0.6) is 0 Å². The number of aromatic nitrogens is 4. The Morgan fingerprint density at radius 2 is 1.85 bits per heavy atom. The summed E-state index contributed by atoms with van der Waals surface area (Å²) in [6, 6.07) is 6.15. The molecule has 2 aromatic heterocycles. The quantitative estimate of drug-likeness (QED) is 0.718. The minimum Gasteiger partial charge on any atom is -0.310 e. The molecule has 3 aromatic rings. The van der Waals surface area contributed by atoms with E-state index in [9.17, 15) is 14.0 Å². The number of anilines is 2. The van der Waals surface area contributed by atoms with E-state index in [1.807, 2.05) is 23.3 Å². The zero-order valence-electron chi connectivity index (χ0n) is 14.9. The standard InChI is InChI=1S/C18H20FN5O2/c1-11(2)10-24-16(25)14-15(21(3)18(24)26)20-17-22(8-9-23(14)17)13-6-4-12(19)5-7-13/h4-7,11H,8-10H2,1-3H3. The van der Waals surface area contributed by atoms with E-state index in [0.29, 0.717) is 36.7 Å². The van der Waals surface area contributed by atoms with Gasteiger partial charge in [0, 0.05) is 32.4 Å². The minimum atomic E-state index is -0.360. The van der Waals surface area contributed by atoms with Crippen molar-refractivity contribution >= 4 is 22.8 Å². The zero-order valence-corrected chi connectivity index (χ0v) is 14.9. The summed E-state index contributed by atoms with van der Waals surface area (Å²) < 4.78 is 17.8. The van der Waals surface area contributed by atoms with Gasteiger partial charge in [-0.15, -0.1) is 0 Å². The van der Waals surface area contributed by atoms with Crippen molar-refractivity contribution in [1.82, 2.24) is 18.7 Å². The summed E-state index contributed by atoms with van der Waals surface area (Å²) in [6.45, 7) is 5.51. The van der Waals surface area contributed by atoms with E-state index in [2.05, 4.69) is 4.98 Å². The molecule has 1 aromatic carbocycles. The van der Waals surface area contributed by atoms with Crippen LogP contribution >= 0.6 is 0 Å². The molecule has 4 rings (SSSR count). The molecule has 0 bridgehead atoms. The molecule has 0 spiro atoms. The molecule has 0 unspecified atom stereocenters. The largest absolute Gasteiger partial charge is 0.332 e. The van der Waals surface area contributed by atoms with Crippen LogP contribution in [0.15, 0.2) is 33.9 Å². The SMILES string of the molecule is CC(C)Cn1c(=O)c2c(nc3n2CCN3c2ccc(F)cc2)n(C)c1=O. The number of hydrogen-bond donors (Lipinski definition) is 0. The highest BCUT2D eigenvalue weighted by atomic mass is 19.1. The van der Waals surface area contributed by atoms with Crippen molar-refractivity contribution in [3.05, 3.63) is 50.9 Å². The van der Waals surface area contributed by atoms with Crippen LogP contribution in [0, 0.1) is 11.7 Å². The third-order valence-electron chi connectivity index (χ3n) is 4.69. The van der Waals surface area contributed by atoms with Crippen molar-refractivity contribution in [2.45, 2.75) is 26.9 Å². The molecule has 7 nitrogen and oxygen atoms in total. The molecular formula is C18H20FN5O2. The topological polar surface area (TPSA) is 65.1 Å². The molecule has 0 radical (unpaired) electrons. The van der Waals surface area contributed by atoms with Gasteiger partial charge >= 0.3 is 5.69 Å². The molecule has 0 aliphatic carbocycles. The Labute approximate surface area is 148 Å². The van der Waals surface area contributed by atoms with Crippen molar-refractivity contribution < 1.29 is 4.39 Å². The summed E-state index contributed by atoms with van der Waals surface area (Å²) in [4.78, 5) is 32.0. The number of hydrogen-bond acceptors (Lipinski definition) is 4. The van der Waals surface area contributed by atoms with Crippen LogP contribution in [0.25, 0.3) is 11.2 Å². The lowest BCUT2D eigenvalue weighted by molar-refractivity contribution is 0.484. The fraction of sp³-hybridized carbons (Fsp3) is 0.389. The first-order valence-corrected chi connectivity index (χ1v) is 8.61. The van der Waals surface area contributed by atoms with Crippen LogP contribution in [0.2, 0.25) is 0 Å². The number of halogens is 1. The Morgan fingerprint density at radius 3 is 2.50 bits per heavy atom. The van der Waals surface area contributed by atoms with E-state index in [4.69, 9.17) is 0 Å². The number of benzene rings is 1. The maximum absolute atomic E-state index is 13.2. The predicted octanol–water partition coefficient (Wildman–Crippen LogP) is 1.84. The molecule has 3 heterocycles. The minimum absolute atomic E-state index is 0.175. The highest BCUT2D eigenvalue weighted by Gasteiger charge is 2.28. The average molecular weight is 357 g/mol. The smallest absolute Gasteiger partial charge is 0.310 e. The van der Waals surface area contributed by atoms with Gasteiger partial charge in [0.15, 0.2) is 11.2 Å². The lowest BCUT2D eigenvalue weighted by Gasteiger charge is -2.15. The molecule has 0 N–H and O–H groups in total. The fourth-order valence-electron chi connectivity index (χ4n) is 3.47. The van der Waals surface area contributed by atoms with Gasteiger partial charge in [0.2, 0.25) is 5.95 Å². The molecule has 136 valence electrons. The van der Waals surface area contributed by atoms with Crippen LogP contribution < -0.4 is 16.1 Å². The van der Waals surface area contributed by atoms with Gasteiger partial charge in [-0.1, -0.05) is 13.8 Å². The Hall–Kier alpha value is -2.90. The zero-order chi connectivity index (χ0) is 18.6. The molecule has 0 amide bonds. The average Bonchev–Trinajstić information content (AvgIpc) is 3.16. The Kier molecular flexibility index (Phi) is 3.71. The lowest BCUT2D eigenvalue weighted by Crippen LogP contribution is -2.40. The number of rotatable bonds is 3. The van der Waals surface area contributed by atoms with Crippen molar-refractivity contribution in [3.8, 4) is 0 Å². The number of fused-ring (bicyclic) bond motifs is 3. The molecule has 26 heavy (non-hydrogen) atoms. The van der Waals surface area contributed by atoms with Gasteiger partial charge in [-0.2, -0.15) is 4.98 Å². The second-order valence-corrected chi connectivity index (χ2v) is 7.01. The van der Waals surface area contributed by atoms with E-state index in [1.165, 1.54) is 21.3 Å². The summed E-state index contributed by atoms with van der Waals surface area (Å²) >= 11 is 0. The van der Waals surface area contributed by atoms with E-state index in [1.54, 1.807) is 19.2 Å². The molecule has 1 aliphatic rings. The Balaban J connectivity index is 1.94. The maximum atomic E-state index is 13.2. The van der Waals surface area contributed by atoms with Gasteiger partial charge < -0.3 is 9.47 Å². The number of imidazole rings is 1. The maximum Gasteiger partial charge on any atom is 0.332 e. The van der Waals surface area contributed by atoms with E-state index in [0.717, 1.165) is 5.69 Å². The Morgan fingerprint density at radius 1 is 1.15 bits per heavy atom. The van der Waals surface area contributed by atoms with Crippen LogP contribution in [-0.4, -0.2) is 25.2 Å². The Bertz CT molecular complexity index is 1110. The molecule has 1 aliphatic heterocycles. The molecular weight excluding hydrogens is 337 g/mol. The van der Waals surface area contributed by atoms with Crippen molar-refractivity contribution in [2.75, 3.05) is 11.4 Å². The summed E-state index contributed by atoms with van der Waals surface area (Å²) in [6.07, 6.45) is 0. The van der Waals surface area contributed by atoms with Gasteiger partial charge in [-0.25, -0.2) is 9.18 Å². The fourth-order valence-corrected chi connectivity index (χ4v) is 3.47. The van der Waals surface area contributed by atoms with Gasteiger partial charge in [0.05, 0.1) is 0 Å². The van der Waals surface area contributed by atoms with Crippen molar-refractivity contribution in [1.29, 1.82) is 0 Å². The summed E-state index contributed by atoms with van der Waals surface area (Å²) in [7, 11) is 1.63. The molecule has 0 saturated carbocycles. The summed E-state index contributed by atoms with van der Waals surface area (Å²) in [5, 5.41) is 0. The van der Waals surface area contributed by atoms with Gasteiger partial charge in [-0.05, 0) is 30.2 Å². The van der Waals surface area contributed by atoms with Crippen molar-refractivity contribution in [2.24, 2.45) is 13.0 Å². The predicted molar refractivity (Wildman–Crippen MR) is 97.5 cm³/mol. The third kappa shape index (κ3) is 2.36.